The zero-order valence-electron chi connectivity index (χ0n) is 16.3. The number of carbonyl (C=O) groups excluding carboxylic acids is 2. The molecule has 1 saturated heterocycles. The van der Waals surface area contributed by atoms with E-state index in [1.165, 1.54) is 17.8 Å². The first-order valence-electron chi connectivity index (χ1n) is 9.95. The molecular formula is C23H24FNO3S. The average Bonchev–Trinajstić information content (AvgIpc) is 3.42. The molecular weight excluding hydrogens is 389 g/mol. The van der Waals surface area contributed by atoms with Gasteiger partial charge in [-0.1, -0.05) is 36.0 Å². The van der Waals surface area contributed by atoms with Crippen LogP contribution in [-0.2, 0) is 9.59 Å². The molecule has 2 atom stereocenters. The first-order valence-corrected chi connectivity index (χ1v) is 10.8. The van der Waals surface area contributed by atoms with Gasteiger partial charge in [0.1, 0.15) is 5.82 Å². The van der Waals surface area contributed by atoms with Gasteiger partial charge >= 0.3 is 0 Å². The molecule has 2 heterocycles. The molecule has 29 heavy (non-hydrogen) atoms. The van der Waals surface area contributed by atoms with E-state index in [-0.39, 0.29) is 27.9 Å². The first-order chi connectivity index (χ1) is 14.0. The molecule has 1 aliphatic carbocycles. The minimum atomic E-state index is -0.584. The van der Waals surface area contributed by atoms with Crippen LogP contribution < -0.4 is 0 Å². The number of hydrogen-bond acceptors (Lipinski definition) is 5. The lowest BCUT2D eigenvalue weighted by atomic mass is 9.93. The minimum absolute atomic E-state index is 0.0326. The van der Waals surface area contributed by atoms with Crippen molar-refractivity contribution >= 4 is 28.7 Å². The molecule has 6 heteroatoms. The van der Waals surface area contributed by atoms with Crippen molar-refractivity contribution < 1.29 is 18.4 Å². The molecule has 1 aromatic heterocycles. The summed E-state index contributed by atoms with van der Waals surface area (Å²) in [7, 11) is 0. The lowest BCUT2D eigenvalue weighted by Gasteiger charge is -2.38. The fourth-order valence-corrected chi connectivity index (χ4v) is 4.88. The predicted octanol–water partition coefficient (Wildman–Crippen LogP) is 4.88. The highest BCUT2D eigenvalue weighted by Gasteiger charge is 2.41. The highest BCUT2D eigenvalue weighted by atomic mass is 32.2. The molecule has 1 aromatic carbocycles. The molecule has 152 valence electrons. The molecule has 1 aliphatic heterocycles. The number of ketones is 1. The van der Waals surface area contributed by atoms with Gasteiger partial charge in [-0.05, 0) is 37.0 Å². The Morgan fingerprint density at radius 3 is 2.69 bits per heavy atom. The Bertz CT molecular complexity index is 920. The number of Topliss-reactive ketones (excluding diaryl/α,β-unsaturated/α-hetero) is 1. The minimum Gasteiger partial charge on any atom is -0.472 e. The smallest absolute Gasteiger partial charge is 0.186 e. The number of piperidine rings is 1. The summed E-state index contributed by atoms with van der Waals surface area (Å²) in [6.45, 7) is 2.74. The van der Waals surface area contributed by atoms with Gasteiger partial charge in [-0.15, -0.1) is 0 Å². The quantitative estimate of drug-likeness (QED) is 0.676. The SMILES string of the molecule is CC(=O)SC1CCN(C(C(=O)C2CC2)c2ccccc2F)CC1=Cc1ccoc1. The second-order valence-corrected chi connectivity index (χ2v) is 9.11. The van der Waals surface area contributed by atoms with Crippen LogP contribution in [-0.4, -0.2) is 34.1 Å². The van der Waals surface area contributed by atoms with Gasteiger partial charge in [-0.3, -0.25) is 14.5 Å². The lowest BCUT2D eigenvalue weighted by molar-refractivity contribution is -0.126. The van der Waals surface area contributed by atoms with Crippen molar-refractivity contribution in [1.29, 1.82) is 0 Å². The van der Waals surface area contributed by atoms with Crippen molar-refractivity contribution in [1.82, 2.24) is 4.90 Å². The van der Waals surface area contributed by atoms with Gasteiger partial charge < -0.3 is 4.42 Å². The van der Waals surface area contributed by atoms with Crippen LogP contribution in [0.2, 0.25) is 0 Å². The summed E-state index contributed by atoms with van der Waals surface area (Å²) in [5.41, 5.74) is 2.43. The summed E-state index contributed by atoms with van der Waals surface area (Å²) >= 11 is 1.32. The lowest BCUT2D eigenvalue weighted by Crippen LogP contribution is -2.43. The van der Waals surface area contributed by atoms with Crippen LogP contribution in [0, 0.1) is 11.7 Å². The van der Waals surface area contributed by atoms with Crippen molar-refractivity contribution in [3.8, 4) is 0 Å². The van der Waals surface area contributed by atoms with Crippen LogP contribution in [0.4, 0.5) is 4.39 Å². The molecule has 2 unspecified atom stereocenters. The number of halogens is 1. The molecule has 1 saturated carbocycles. The molecule has 2 aromatic rings. The van der Waals surface area contributed by atoms with E-state index < -0.39 is 6.04 Å². The van der Waals surface area contributed by atoms with Gasteiger partial charge in [0.2, 0.25) is 0 Å². The third-order valence-corrected chi connectivity index (χ3v) is 6.65. The fourth-order valence-electron chi connectivity index (χ4n) is 3.97. The maximum absolute atomic E-state index is 14.6. The Morgan fingerprint density at radius 2 is 2.03 bits per heavy atom. The van der Waals surface area contributed by atoms with Crippen molar-refractivity contribution in [2.75, 3.05) is 13.1 Å². The van der Waals surface area contributed by atoms with Crippen LogP contribution in [0.15, 0.2) is 52.8 Å². The highest BCUT2D eigenvalue weighted by Crippen LogP contribution is 2.40. The summed E-state index contributed by atoms with van der Waals surface area (Å²) in [4.78, 5) is 27.0. The van der Waals surface area contributed by atoms with E-state index in [0.29, 0.717) is 18.7 Å². The Hall–Kier alpha value is -2.18. The Balaban J connectivity index is 1.66. The van der Waals surface area contributed by atoms with Gasteiger partial charge in [-0.25, -0.2) is 4.39 Å². The summed E-state index contributed by atoms with van der Waals surface area (Å²) in [5, 5.41) is 0.122. The summed E-state index contributed by atoms with van der Waals surface area (Å²) in [6, 6.07) is 7.85. The third-order valence-electron chi connectivity index (χ3n) is 5.50. The van der Waals surface area contributed by atoms with E-state index in [2.05, 4.69) is 4.90 Å². The molecule has 2 fully saturated rings. The summed E-state index contributed by atoms with van der Waals surface area (Å²) in [5.74, 6) is -0.201. The Morgan fingerprint density at radius 1 is 1.24 bits per heavy atom. The van der Waals surface area contributed by atoms with E-state index in [9.17, 15) is 14.0 Å². The summed E-state index contributed by atoms with van der Waals surface area (Å²) in [6.07, 6.45) is 7.80. The number of carbonyl (C=O) groups is 2. The van der Waals surface area contributed by atoms with Gasteiger partial charge in [-0.2, -0.15) is 0 Å². The van der Waals surface area contributed by atoms with E-state index in [1.807, 2.05) is 12.1 Å². The first kappa shape index (κ1) is 20.1. The zero-order valence-corrected chi connectivity index (χ0v) is 17.2. The summed E-state index contributed by atoms with van der Waals surface area (Å²) < 4.78 is 19.8. The van der Waals surface area contributed by atoms with Crippen LogP contribution in [0.5, 0.6) is 0 Å². The number of likely N-dealkylation sites (tertiary alicyclic amines) is 1. The molecule has 0 spiro atoms. The van der Waals surface area contributed by atoms with E-state index in [1.54, 1.807) is 37.6 Å². The molecule has 0 N–H and O–H groups in total. The molecule has 2 aliphatic rings. The molecule has 4 rings (SSSR count). The Kier molecular flexibility index (Phi) is 6.01. The van der Waals surface area contributed by atoms with Crippen LogP contribution >= 0.6 is 11.8 Å². The number of furan rings is 1. The van der Waals surface area contributed by atoms with Gasteiger partial charge in [0.05, 0.1) is 18.6 Å². The maximum atomic E-state index is 14.6. The standard InChI is InChI=1S/C23H24FNO3S/c1-15(26)29-21-8-10-25(13-18(21)12-16-9-11-28-14-16)22(23(27)17-6-7-17)19-4-2-3-5-20(19)24/h2-5,9,11-12,14,17,21-22H,6-8,10,13H2,1H3. The second kappa shape index (κ2) is 8.67. The number of benzene rings is 1. The number of hydrogen-bond donors (Lipinski definition) is 0. The largest absolute Gasteiger partial charge is 0.472 e. The van der Waals surface area contributed by atoms with Gasteiger partial charge in [0.25, 0.3) is 0 Å². The average molecular weight is 414 g/mol. The maximum Gasteiger partial charge on any atom is 0.186 e. The van der Waals surface area contributed by atoms with E-state index in [0.717, 1.165) is 30.4 Å². The molecule has 0 amide bonds. The predicted molar refractivity (Wildman–Crippen MR) is 112 cm³/mol. The van der Waals surface area contributed by atoms with Crippen LogP contribution in [0.3, 0.4) is 0 Å². The Labute approximate surface area is 174 Å². The zero-order chi connectivity index (χ0) is 20.4. The van der Waals surface area contributed by atoms with Gasteiger partial charge in [0, 0.05) is 42.3 Å². The van der Waals surface area contributed by atoms with E-state index in [4.69, 9.17) is 4.42 Å². The number of thioether (sulfide) groups is 1. The fraction of sp³-hybridized carbons (Fsp3) is 0.391. The second-order valence-electron chi connectivity index (χ2n) is 7.73. The van der Waals surface area contributed by atoms with Crippen molar-refractivity contribution in [3.05, 3.63) is 65.4 Å². The van der Waals surface area contributed by atoms with Gasteiger partial charge in [0.15, 0.2) is 10.9 Å². The van der Waals surface area contributed by atoms with Crippen LogP contribution in [0.25, 0.3) is 6.08 Å². The number of nitrogens with zero attached hydrogens (tertiary/aromatic N) is 1. The molecule has 4 nitrogen and oxygen atoms in total. The highest BCUT2D eigenvalue weighted by molar-refractivity contribution is 8.14. The normalized spacial score (nSPS) is 22.6. The molecule has 0 radical (unpaired) electrons. The topological polar surface area (TPSA) is 50.5 Å². The van der Waals surface area contributed by atoms with Crippen molar-refractivity contribution in [2.45, 2.75) is 37.5 Å². The van der Waals surface area contributed by atoms with Crippen molar-refractivity contribution in [2.24, 2.45) is 5.92 Å². The number of rotatable bonds is 6. The molecule has 0 bridgehead atoms. The van der Waals surface area contributed by atoms with Crippen molar-refractivity contribution in [3.63, 3.8) is 0 Å². The van der Waals surface area contributed by atoms with E-state index >= 15 is 0 Å². The monoisotopic (exact) mass is 413 g/mol. The van der Waals surface area contributed by atoms with Crippen LogP contribution in [0.1, 0.15) is 43.4 Å². The third kappa shape index (κ3) is 4.70.